The van der Waals surface area contributed by atoms with Gasteiger partial charge in [-0.05, 0) is 37.8 Å². The smallest absolute Gasteiger partial charge is 0.409 e. The number of hydrogen-bond acceptors (Lipinski definition) is 4. The lowest BCUT2D eigenvalue weighted by atomic mass is 10.1. The van der Waals surface area contributed by atoms with Crippen LogP contribution in [0.5, 0.6) is 0 Å². The number of hydrogen-bond donors (Lipinski definition) is 1. The molecule has 7 nitrogen and oxygen atoms in total. The van der Waals surface area contributed by atoms with Crippen molar-refractivity contribution in [1.82, 2.24) is 9.80 Å². The summed E-state index contributed by atoms with van der Waals surface area (Å²) in [5, 5.41) is 3.04. The van der Waals surface area contributed by atoms with Crippen molar-refractivity contribution in [2.24, 2.45) is 11.8 Å². The largest absolute Gasteiger partial charge is 0.450 e. The third-order valence-corrected chi connectivity index (χ3v) is 5.55. The number of piperazine rings is 1. The summed E-state index contributed by atoms with van der Waals surface area (Å²) >= 11 is 0. The highest BCUT2D eigenvalue weighted by atomic mass is 16.6. The maximum atomic E-state index is 12.7. The molecule has 0 bridgehead atoms. The van der Waals surface area contributed by atoms with Gasteiger partial charge in [-0.2, -0.15) is 0 Å². The van der Waals surface area contributed by atoms with E-state index in [0.29, 0.717) is 39.2 Å². The predicted octanol–water partition coefficient (Wildman–Crippen LogP) is 2.43. The van der Waals surface area contributed by atoms with Crippen molar-refractivity contribution in [3.8, 4) is 0 Å². The van der Waals surface area contributed by atoms with Crippen LogP contribution in [0, 0.1) is 18.8 Å². The number of nitrogens with zero attached hydrogens (tertiary/aromatic N) is 2. The number of benzene rings is 1. The van der Waals surface area contributed by atoms with E-state index >= 15 is 0 Å². The number of anilines is 1. The second-order valence-corrected chi connectivity index (χ2v) is 7.41. The summed E-state index contributed by atoms with van der Waals surface area (Å²) in [6.45, 7) is 8.07. The molecule has 1 aliphatic heterocycles. The minimum atomic E-state index is -0.330. The van der Waals surface area contributed by atoms with Gasteiger partial charge in [-0.3, -0.25) is 9.59 Å². The van der Waals surface area contributed by atoms with Crippen LogP contribution >= 0.6 is 0 Å². The Morgan fingerprint density at radius 2 is 1.75 bits per heavy atom. The molecule has 2 unspecified atom stereocenters. The van der Waals surface area contributed by atoms with Gasteiger partial charge in [0.1, 0.15) is 0 Å². The SMILES string of the molecule is CCOC(=O)N1CCN(C(=O)C2CC2C(=O)Nc2c(C)cccc2CC)CC1. The van der Waals surface area contributed by atoms with Gasteiger partial charge in [0.2, 0.25) is 11.8 Å². The van der Waals surface area contributed by atoms with Crippen LogP contribution in [-0.4, -0.2) is 60.5 Å². The van der Waals surface area contributed by atoms with E-state index in [4.69, 9.17) is 4.74 Å². The highest BCUT2D eigenvalue weighted by Gasteiger charge is 2.50. The van der Waals surface area contributed by atoms with Gasteiger partial charge >= 0.3 is 6.09 Å². The van der Waals surface area contributed by atoms with Crippen molar-refractivity contribution < 1.29 is 19.1 Å². The highest BCUT2D eigenvalue weighted by molar-refractivity contribution is 6.00. The fourth-order valence-electron chi connectivity index (χ4n) is 3.73. The summed E-state index contributed by atoms with van der Waals surface area (Å²) in [6.07, 6.45) is 1.11. The normalized spacial score (nSPS) is 21.2. The van der Waals surface area contributed by atoms with E-state index in [0.717, 1.165) is 23.2 Å². The van der Waals surface area contributed by atoms with E-state index in [1.807, 2.05) is 25.1 Å². The first-order chi connectivity index (χ1) is 13.5. The lowest BCUT2D eigenvalue weighted by Gasteiger charge is -2.34. The van der Waals surface area contributed by atoms with Crippen molar-refractivity contribution in [2.75, 3.05) is 38.1 Å². The lowest BCUT2D eigenvalue weighted by Crippen LogP contribution is -2.51. The van der Waals surface area contributed by atoms with Gasteiger partial charge < -0.3 is 19.9 Å². The monoisotopic (exact) mass is 387 g/mol. The van der Waals surface area contributed by atoms with Crippen molar-refractivity contribution in [3.63, 3.8) is 0 Å². The Hall–Kier alpha value is -2.57. The molecule has 2 atom stereocenters. The van der Waals surface area contributed by atoms with E-state index in [1.165, 1.54) is 0 Å². The number of carbonyl (C=O) groups is 3. The van der Waals surface area contributed by atoms with Crippen molar-refractivity contribution in [1.29, 1.82) is 0 Å². The van der Waals surface area contributed by atoms with Gasteiger partial charge in [0, 0.05) is 31.9 Å². The molecule has 1 aliphatic carbocycles. The summed E-state index contributed by atoms with van der Waals surface area (Å²) in [5.41, 5.74) is 3.01. The van der Waals surface area contributed by atoms with Crippen LogP contribution in [0.3, 0.4) is 0 Å². The number of amides is 3. The minimum absolute atomic E-state index is 0.0177. The molecule has 1 aromatic carbocycles. The van der Waals surface area contributed by atoms with E-state index in [9.17, 15) is 14.4 Å². The average Bonchev–Trinajstić information content (AvgIpc) is 3.50. The van der Waals surface area contributed by atoms with Crippen LogP contribution in [0.4, 0.5) is 10.5 Å². The molecule has 1 N–H and O–H groups in total. The standard InChI is InChI=1S/C21H29N3O4/c1-4-15-8-6-7-14(3)18(15)22-19(25)16-13-17(16)20(26)23-9-11-24(12-10-23)21(27)28-5-2/h6-8,16-17H,4-5,9-13H2,1-3H3,(H,22,25). The maximum Gasteiger partial charge on any atom is 0.409 e. The third kappa shape index (κ3) is 4.29. The van der Waals surface area contributed by atoms with Crippen LogP contribution < -0.4 is 5.32 Å². The lowest BCUT2D eigenvalue weighted by molar-refractivity contribution is -0.135. The number of rotatable bonds is 5. The van der Waals surface area contributed by atoms with Crippen LogP contribution in [-0.2, 0) is 20.7 Å². The Bertz CT molecular complexity index is 756. The topological polar surface area (TPSA) is 79.0 Å². The molecule has 2 fully saturated rings. The van der Waals surface area contributed by atoms with Gasteiger partial charge in [-0.25, -0.2) is 4.79 Å². The van der Waals surface area contributed by atoms with E-state index in [1.54, 1.807) is 16.7 Å². The van der Waals surface area contributed by atoms with Gasteiger partial charge in [0.05, 0.1) is 18.4 Å². The first-order valence-electron chi connectivity index (χ1n) is 10.1. The molecular weight excluding hydrogens is 358 g/mol. The number of para-hydroxylation sites is 1. The Labute approximate surface area is 166 Å². The van der Waals surface area contributed by atoms with Crippen molar-refractivity contribution in [3.05, 3.63) is 29.3 Å². The van der Waals surface area contributed by atoms with E-state index in [2.05, 4.69) is 12.2 Å². The molecule has 1 heterocycles. The Morgan fingerprint density at radius 1 is 1.07 bits per heavy atom. The zero-order valence-electron chi connectivity index (χ0n) is 16.9. The highest BCUT2D eigenvalue weighted by Crippen LogP contribution is 2.41. The van der Waals surface area contributed by atoms with E-state index in [-0.39, 0.29) is 29.7 Å². The summed E-state index contributed by atoms with van der Waals surface area (Å²) in [7, 11) is 0. The molecule has 3 rings (SSSR count). The molecule has 0 spiro atoms. The first kappa shape index (κ1) is 20.2. The maximum absolute atomic E-state index is 12.7. The zero-order valence-corrected chi connectivity index (χ0v) is 16.9. The molecule has 0 aromatic heterocycles. The predicted molar refractivity (Wildman–Crippen MR) is 106 cm³/mol. The van der Waals surface area contributed by atoms with Crippen LogP contribution in [0.15, 0.2) is 18.2 Å². The summed E-state index contributed by atoms with van der Waals surface area (Å²) < 4.78 is 5.00. The molecule has 3 amide bonds. The molecule has 152 valence electrons. The summed E-state index contributed by atoms with van der Waals surface area (Å²) in [6, 6.07) is 5.98. The number of aryl methyl sites for hydroxylation is 2. The van der Waals surface area contributed by atoms with Gasteiger partial charge in [-0.15, -0.1) is 0 Å². The van der Waals surface area contributed by atoms with Crippen molar-refractivity contribution in [2.45, 2.75) is 33.6 Å². The van der Waals surface area contributed by atoms with Gasteiger partial charge in [-0.1, -0.05) is 25.1 Å². The first-order valence-corrected chi connectivity index (χ1v) is 10.1. The van der Waals surface area contributed by atoms with E-state index < -0.39 is 0 Å². The molecule has 7 heteroatoms. The quantitative estimate of drug-likeness (QED) is 0.842. The molecule has 28 heavy (non-hydrogen) atoms. The molecule has 2 aliphatic rings. The molecule has 1 saturated carbocycles. The fourth-order valence-corrected chi connectivity index (χ4v) is 3.73. The number of nitrogens with one attached hydrogen (secondary N) is 1. The van der Waals surface area contributed by atoms with Gasteiger partial charge in [0.25, 0.3) is 0 Å². The molecule has 0 radical (unpaired) electrons. The Balaban J connectivity index is 1.52. The van der Waals surface area contributed by atoms with Crippen LogP contribution in [0.1, 0.15) is 31.4 Å². The number of carbonyl (C=O) groups excluding carboxylic acids is 3. The van der Waals surface area contributed by atoms with Crippen LogP contribution in [0.25, 0.3) is 0 Å². The van der Waals surface area contributed by atoms with Gasteiger partial charge in [0.15, 0.2) is 0 Å². The summed E-state index contributed by atoms with van der Waals surface area (Å²) in [5.74, 6) is -0.570. The molecular formula is C21H29N3O4. The fraction of sp³-hybridized carbons (Fsp3) is 0.571. The summed E-state index contributed by atoms with van der Waals surface area (Å²) in [4.78, 5) is 40.5. The second-order valence-electron chi connectivity index (χ2n) is 7.41. The third-order valence-electron chi connectivity index (χ3n) is 5.55. The zero-order chi connectivity index (χ0) is 20.3. The Morgan fingerprint density at radius 3 is 2.39 bits per heavy atom. The average molecular weight is 387 g/mol. The second kappa shape index (κ2) is 8.63. The Kier molecular flexibility index (Phi) is 6.21. The van der Waals surface area contributed by atoms with Crippen LogP contribution in [0.2, 0.25) is 0 Å². The molecule has 1 aromatic rings. The van der Waals surface area contributed by atoms with Crippen molar-refractivity contribution >= 4 is 23.6 Å². The molecule has 1 saturated heterocycles. The minimum Gasteiger partial charge on any atom is -0.450 e. The number of ether oxygens (including phenoxy) is 1.